The number of fused-ring (bicyclic) bond motifs is 1. The molecule has 0 radical (unpaired) electrons. The number of hydrogen-bond donors (Lipinski definition) is 0. The Labute approximate surface area is 203 Å². The maximum Gasteiger partial charge on any atom is 0.209 e. The number of benzene rings is 2. The number of unbranched alkanes of at least 4 members (excludes halogenated alkanes) is 6. The molecule has 33 heavy (non-hydrogen) atoms. The molecule has 0 fully saturated rings. The fourth-order valence-corrected chi connectivity index (χ4v) is 5.10. The molecule has 0 saturated heterocycles. The van der Waals surface area contributed by atoms with Gasteiger partial charge in [-0.1, -0.05) is 82.7 Å². The highest BCUT2D eigenvalue weighted by atomic mass is 15.1. The van der Waals surface area contributed by atoms with Gasteiger partial charge in [0, 0.05) is 36.5 Å². The number of allylic oxidation sites excluding steroid dienone is 1. The molecule has 0 N–H and O–H groups in total. The standard InChI is InChI=1S/C31H45N2/c1-6-8-10-14-24-33(25-15-11-9-7-2)27-21-18-26(19-22-27)20-23-30-31(3,4)28-16-12-13-17-29(28)32(30)5/h12-13,16-23H,6-11,14-15,24-25H2,1-5H3/q+1. The summed E-state index contributed by atoms with van der Waals surface area (Å²) in [6.45, 7) is 11.6. The lowest BCUT2D eigenvalue weighted by Gasteiger charge is -2.25. The van der Waals surface area contributed by atoms with Gasteiger partial charge < -0.3 is 4.90 Å². The highest BCUT2D eigenvalue weighted by molar-refractivity contribution is 6.05. The van der Waals surface area contributed by atoms with Crippen molar-refractivity contribution in [1.82, 2.24) is 0 Å². The Morgan fingerprint density at radius 2 is 1.36 bits per heavy atom. The largest absolute Gasteiger partial charge is 0.372 e. The van der Waals surface area contributed by atoms with E-state index in [2.05, 4.69) is 105 Å². The Kier molecular flexibility index (Phi) is 9.35. The molecule has 0 atom stereocenters. The van der Waals surface area contributed by atoms with Crippen LogP contribution in [0.2, 0.25) is 0 Å². The quantitative estimate of drug-likeness (QED) is 0.222. The van der Waals surface area contributed by atoms with Crippen LogP contribution in [0.5, 0.6) is 0 Å². The van der Waals surface area contributed by atoms with Gasteiger partial charge in [0.15, 0.2) is 5.71 Å². The Bertz CT molecular complexity index is 922. The number of hydrogen-bond acceptors (Lipinski definition) is 1. The summed E-state index contributed by atoms with van der Waals surface area (Å²) < 4.78 is 2.34. The summed E-state index contributed by atoms with van der Waals surface area (Å²) >= 11 is 0. The van der Waals surface area contributed by atoms with Gasteiger partial charge in [-0.05, 0) is 50.5 Å². The molecule has 0 spiro atoms. The van der Waals surface area contributed by atoms with Gasteiger partial charge in [0.25, 0.3) is 0 Å². The number of anilines is 1. The summed E-state index contributed by atoms with van der Waals surface area (Å²) in [5.41, 5.74) is 6.74. The molecule has 2 nitrogen and oxygen atoms in total. The van der Waals surface area contributed by atoms with E-state index in [0.29, 0.717) is 0 Å². The average molecular weight is 446 g/mol. The van der Waals surface area contributed by atoms with Crippen LogP contribution in [0.4, 0.5) is 11.4 Å². The predicted octanol–water partition coefficient (Wildman–Crippen LogP) is 8.37. The maximum atomic E-state index is 2.61. The highest BCUT2D eigenvalue weighted by Crippen LogP contribution is 2.39. The van der Waals surface area contributed by atoms with Gasteiger partial charge in [-0.15, -0.1) is 0 Å². The minimum Gasteiger partial charge on any atom is -0.372 e. The van der Waals surface area contributed by atoms with Gasteiger partial charge in [-0.3, -0.25) is 0 Å². The number of para-hydroxylation sites is 1. The smallest absolute Gasteiger partial charge is 0.209 e. The lowest BCUT2D eigenvalue weighted by Crippen LogP contribution is -2.26. The van der Waals surface area contributed by atoms with Crippen LogP contribution in [0.25, 0.3) is 6.08 Å². The molecular formula is C31H45N2+. The topological polar surface area (TPSA) is 6.25 Å². The van der Waals surface area contributed by atoms with Crippen molar-refractivity contribution in [3.63, 3.8) is 0 Å². The molecule has 1 aliphatic rings. The van der Waals surface area contributed by atoms with Crippen LogP contribution in [-0.4, -0.2) is 30.4 Å². The van der Waals surface area contributed by atoms with Crippen LogP contribution in [0.15, 0.2) is 54.6 Å². The molecule has 0 saturated carbocycles. The zero-order valence-electron chi connectivity index (χ0n) is 21.7. The maximum absolute atomic E-state index is 2.61. The molecule has 0 aliphatic carbocycles. The Morgan fingerprint density at radius 1 is 0.758 bits per heavy atom. The van der Waals surface area contributed by atoms with Crippen molar-refractivity contribution in [2.45, 2.75) is 84.5 Å². The van der Waals surface area contributed by atoms with Gasteiger partial charge in [0.05, 0.1) is 5.41 Å². The van der Waals surface area contributed by atoms with E-state index in [9.17, 15) is 0 Å². The first-order chi connectivity index (χ1) is 16.0. The minimum atomic E-state index is 0.0234. The second kappa shape index (κ2) is 12.2. The van der Waals surface area contributed by atoms with Gasteiger partial charge in [0.1, 0.15) is 7.05 Å². The molecule has 2 heteroatoms. The average Bonchev–Trinajstić information content (AvgIpc) is 3.02. The Morgan fingerprint density at radius 3 is 1.94 bits per heavy atom. The highest BCUT2D eigenvalue weighted by Gasteiger charge is 2.42. The SMILES string of the molecule is CCCCCCN(CCCCCC)c1ccc(/C=C/C2=[N+](C)c3ccccc3C2(C)C)cc1. The second-order valence-corrected chi connectivity index (χ2v) is 10.1. The predicted molar refractivity (Wildman–Crippen MR) is 146 cm³/mol. The molecule has 3 rings (SSSR count). The normalized spacial score (nSPS) is 14.8. The van der Waals surface area contributed by atoms with E-state index in [1.54, 1.807) is 0 Å². The third kappa shape index (κ3) is 6.37. The molecule has 0 bridgehead atoms. The van der Waals surface area contributed by atoms with Crippen molar-refractivity contribution in [2.75, 3.05) is 25.0 Å². The minimum absolute atomic E-state index is 0.0234. The van der Waals surface area contributed by atoms with E-state index in [-0.39, 0.29) is 5.41 Å². The second-order valence-electron chi connectivity index (χ2n) is 10.1. The summed E-state index contributed by atoms with van der Waals surface area (Å²) in [5, 5.41) is 0. The summed E-state index contributed by atoms with van der Waals surface area (Å²) in [5.74, 6) is 0. The lowest BCUT2D eigenvalue weighted by atomic mass is 9.81. The Hall–Kier alpha value is -2.35. The summed E-state index contributed by atoms with van der Waals surface area (Å²) in [6.07, 6.45) is 15.1. The van der Waals surface area contributed by atoms with E-state index in [4.69, 9.17) is 0 Å². The first kappa shape index (κ1) is 25.3. The fraction of sp³-hybridized carbons (Fsp3) is 0.516. The van der Waals surface area contributed by atoms with Gasteiger partial charge >= 0.3 is 0 Å². The molecule has 178 valence electrons. The zero-order chi connectivity index (χ0) is 23.7. The molecule has 1 heterocycles. The van der Waals surface area contributed by atoms with E-state index >= 15 is 0 Å². The molecule has 0 aromatic heterocycles. The molecule has 2 aromatic rings. The van der Waals surface area contributed by atoms with Crippen molar-refractivity contribution in [3.05, 3.63) is 65.7 Å². The number of rotatable bonds is 13. The molecule has 1 aliphatic heterocycles. The van der Waals surface area contributed by atoms with Crippen molar-refractivity contribution >= 4 is 23.2 Å². The first-order valence-electron chi connectivity index (χ1n) is 13.2. The van der Waals surface area contributed by atoms with Gasteiger partial charge in [-0.2, -0.15) is 4.58 Å². The van der Waals surface area contributed by atoms with E-state index < -0.39 is 0 Å². The summed E-state index contributed by atoms with van der Waals surface area (Å²) in [7, 11) is 2.19. The summed E-state index contributed by atoms with van der Waals surface area (Å²) in [4.78, 5) is 2.61. The lowest BCUT2D eigenvalue weighted by molar-refractivity contribution is -0.401. The van der Waals surface area contributed by atoms with Crippen molar-refractivity contribution in [2.24, 2.45) is 0 Å². The number of nitrogens with zero attached hydrogens (tertiary/aromatic N) is 2. The van der Waals surface area contributed by atoms with Crippen molar-refractivity contribution in [3.8, 4) is 0 Å². The Balaban J connectivity index is 1.69. The van der Waals surface area contributed by atoms with Crippen LogP contribution >= 0.6 is 0 Å². The molecular weight excluding hydrogens is 400 g/mol. The fourth-order valence-electron chi connectivity index (χ4n) is 5.10. The van der Waals surface area contributed by atoms with Crippen molar-refractivity contribution in [1.29, 1.82) is 0 Å². The van der Waals surface area contributed by atoms with Gasteiger partial charge in [0.2, 0.25) is 5.69 Å². The van der Waals surface area contributed by atoms with Gasteiger partial charge in [-0.25, -0.2) is 0 Å². The van der Waals surface area contributed by atoms with Crippen LogP contribution in [0, 0.1) is 0 Å². The van der Waals surface area contributed by atoms with Crippen LogP contribution < -0.4 is 4.90 Å². The zero-order valence-corrected chi connectivity index (χ0v) is 21.7. The third-order valence-electron chi connectivity index (χ3n) is 7.20. The van der Waals surface area contributed by atoms with E-state index in [0.717, 1.165) is 0 Å². The van der Waals surface area contributed by atoms with Crippen molar-refractivity contribution < 1.29 is 4.58 Å². The van der Waals surface area contributed by atoms with Crippen LogP contribution in [0.1, 0.15) is 90.2 Å². The van der Waals surface area contributed by atoms with Crippen LogP contribution in [0.3, 0.4) is 0 Å². The van der Waals surface area contributed by atoms with E-state index in [1.165, 1.54) is 92.7 Å². The van der Waals surface area contributed by atoms with Crippen LogP contribution in [-0.2, 0) is 5.41 Å². The van der Waals surface area contributed by atoms with E-state index in [1.807, 2.05) is 0 Å². The third-order valence-corrected chi connectivity index (χ3v) is 7.20. The molecule has 0 unspecified atom stereocenters. The summed E-state index contributed by atoms with van der Waals surface area (Å²) in [6, 6.07) is 18.0. The molecule has 0 amide bonds. The molecule has 2 aromatic carbocycles. The first-order valence-corrected chi connectivity index (χ1v) is 13.2. The monoisotopic (exact) mass is 445 g/mol.